The van der Waals surface area contributed by atoms with Crippen molar-refractivity contribution in [3.8, 4) is 0 Å². The third kappa shape index (κ3) is 2.12. The summed E-state index contributed by atoms with van der Waals surface area (Å²) in [6, 6.07) is 4.84. The van der Waals surface area contributed by atoms with E-state index in [0.29, 0.717) is 12.2 Å². The maximum Gasteiger partial charge on any atom is 0.240 e. The van der Waals surface area contributed by atoms with Crippen LogP contribution in [0.3, 0.4) is 0 Å². The molecule has 0 unspecified atom stereocenters. The quantitative estimate of drug-likeness (QED) is 0.727. The van der Waals surface area contributed by atoms with Crippen molar-refractivity contribution in [3.05, 3.63) is 29.6 Å². The fraction of sp³-hybridized carbons (Fsp3) is 0.417. The molecule has 16 heavy (non-hydrogen) atoms. The van der Waals surface area contributed by atoms with Crippen LogP contribution in [-0.2, 0) is 4.79 Å². The van der Waals surface area contributed by atoms with E-state index in [9.17, 15) is 9.18 Å². The molecule has 1 aliphatic heterocycles. The summed E-state index contributed by atoms with van der Waals surface area (Å²) in [6.45, 7) is 2.49. The third-order valence-corrected chi connectivity index (χ3v) is 3.62. The second kappa shape index (κ2) is 4.53. The van der Waals surface area contributed by atoms with Crippen LogP contribution in [-0.4, -0.2) is 17.3 Å². The topological polar surface area (TPSA) is 20.3 Å². The largest absolute Gasteiger partial charge is 0.309 e. The Morgan fingerprint density at radius 2 is 2.25 bits per heavy atom. The van der Waals surface area contributed by atoms with Gasteiger partial charge in [0.05, 0.1) is 10.5 Å². The van der Waals surface area contributed by atoms with Crippen LogP contribution in [0.15, 0.2) is 18.2 Å². The molecule has 0 aliphatic carbocycles. The molecule has 1 heterocycles. The Morgan fingerprint density at radius 3 is 3.00 bits per heavy atom. The van der Waals surface area contributed by atoms with Gasteiger partial charge in [-0.3, -0.25) is 4.79 Å². The van der Waals surface area contributed by atoms with Gasteiger partial charge < -0.3 is 4.90 Å². The normalized spacial score (nSPS) is 21.3. The van der Waals surface area contributed by atoms with Crippen molar-refractivity contribution in [2.75, 3.05) is 11.4 Å². The molecule has 1 aromatic carbocycles. The van der Waals surface area contributed by atoms with E-state index < -0.39 is 0 Å². The van der Waals surface area contributed by atoms with Crippen molar-refractivity contribution in [2.45, 2.75) is 24.6 Å². The standard InChI is InChI=1S/C12H13BrFNO/c1-8-4-5-10(14)11(7-8)15-6-2-3-9(13)12(15)16/h4-5,7,9H,2-3,6H2,1H3/t9-/m0/s1. The van der Waals surface area contributed by atoms with Gasteiger partial charge in [-0.05, 0) is 37.5 Å². The fourth-order valence-electron chi connectivity index (χ4n) is 1.90. The SMILES string of the molecule is Cc1ccc(F)c(N2CCC[C@H](Br)C2=O)c1. The second-order valence-corrected chi connectivity index (χ2v) is 5.16. The molecule has 1 aromatic rings. The maximum absolute atomic E-state index is 13.6. The van der Waals surface area contributed by atoms with Crippen molar-refractivity contribution in [1.82, 2.24) is 0 Å². The zero-order valence-corrected chi connectivity index (χ0v) is 10.6. The molecule has 0 radical (unpaired) electrons. The Labute approximate surface area is 103 Å². The first-order valence-corrected chi connectivity index (χ1v) is 6.23. The number of nitrogens with zero attached hydrogens (tertiary/aromatic N) is 1. The lowest BCUT2D eigenvalue weighted by atomic mass is 10.1. The van der Waals surface area contributed by atoms with Gasteiger partial charge in [0.1, 0.15) is 5.82 Å². The van der Waals surface area contributed by atoms with Gasteiger partial charge in [0.2, 0.25) is 5.91 Å². The number of alkyl halides is 1. The highest BCUT2D eigenvalue weighted by molar-refractivity contribution is 9.10. The highest BCUT2D eigenvalue weighted by Gasteiger charge is 2.28. The van der Waals surface area contributed by atoms with Gasteiger partial charge in [-0.25, -0.2) is 4.39 Å². The van der Waals surface area contributed by atoms with Crippen LogP contribution < -0.4 is 4.90 Å². The molecule has 1 fully saturated rings. The van der Waals surface area contributed by atoms with E-state index in [1.807, 2.05) is 6.92 Å². The Morgan fingerprint density at radius 1 is 1.50 bits per heavy atom. The number of rotatable bonds is 1. The van der Waals surface area contributed by atoms with Crippen LogP contribution in [0.1, 0.15) is 18.4 Å². The lowest BCUT2D eigenvalue weighted by Crippen LogP contribution is -2.42. The Hall–Kier alpha value is -0.900. The maximum atomic E-state index is 13.6. The van der Waals surface area contributed by atoms with Crippen LogP contribution in [0.5, 0.6) is 0 Å². The number of piperidine rings is 1. The van der Waals surface area contributed by atoms with E-state index in [0.717, 1.165) is 18.4 Å². The van der Waals surface area contributed by atoms with E-state index >= 15 is 0 Å². The smallest absolute Gasteiger partial charge is 0.240 e. The molecule has 2 rings (SSSR count). The van der Waals surface area contributed by atoms with Crippen LogP contribution in [0.2, 0.25) is 0 Å². The van der Waals surface area contributed by atoms with Crippen LogP contribution in [0.25, 0.3) is 0 Å². The van der Waals surface area contributed by atoms with Crippen molar-refractivity contribution in [1.29, 1.82) is 0 Å². The van der Waals surface area contributed by atoms with Gasteiger partial charge >= 0.3 is 0 Å². The summed E-state index contributed by atoms with van der Waals surface area (Å²) in [5, 5.41) is 0. The minimum absolute atomic E-state index is 0.0456. The van der Waals surface area contributed by atoms with Gasteiger partial charge in [0, 0.05) is 6.54 Å². The van der Waals surface area contributed by atoms with Crippen LogP contribution in [0.4, 0.5) is 10.1 Å². The molecular weight excluding hydrogens is 273 g/mol. The summed E-state index contributed by atoms with van der Waals surface area (Å²) in [5.41, 5.74) is 1.36. The molecule has 0 bridgehead atoms. The molecule has 1 amide bonds. The fourth-order valence-corrected chi connectivity index (χ4v) is 2.47. The van der Waals surface area contributed by atoms with Gasteiger partial charge in [0.25, 0.3) is 0 Å². The van der Waals surface area contributed by atoms with Crippen molar-refractivity contribution >= 4 is 27.5 Å². The molecule has 1 atom stereocenters. The number of hydrogen-bond donors (Lipinski definition) is 0. The predicted molar refractivity (Wildman–Crippen MR) is 65.4 cm³/mol. The molecule has 0 N–H and O–H groups in total. The van der Waals surface area contributed by atoms with Crippen molar-refractivity contribution in [2.24, 2.45) is 0 Å². The number of halogens is 2. The minimum Gasteiger partial charge on any atom is -0.309 e. The first kappa shape index (κ1) is 11.6. The zero-order valence-electron chi connectivity index (χ0n) is 9.04. The number of anilines is 1. The molecule has 1 saturated heterocycles. The lowest BCUT2D eigenvalue weighted by Gasteiger charge is -2.30. The number of amides is 1. The Bertz CT molecular complexity index is 421. The Balaban J connectivity index is 2.35. The van der Waals surface area contributed by atoms with E-state index in [1.165, 1.54) is 11.0 Å². The number of carbonyl (C=O) groups excluding carboxylic acids is 1. The lowest BCUT2D eigenvalue weighted by molar-refractivity contribution is -0.118. The molecule has 0 spiro atoms. The highest BCUT2D eigenvalue weighted by Crippen LogP contribution is 2.27. The second-order valence-electron chi connectivity index (χ2n) is 4.05. The molecular formula is C12H13BrFNO. The number of carbonyl (C=O) groups is 1. The van der Waals surface area contributed by atoms with Gasteiger partial charge in [0.15, 0.2) is 0 Å². The summed E-state index contributed by atoms with van der Waals surface area (Å²) in [7, 11) is 0. The molecule has 1 aliphatic rings. The van der Waals surface area contributed by atoms with E-state index in [2.05, 4.69) is 15.9 Å². The number of hydrogen-bond acceptors (Lipinski definition) is 1. The zero-order chi connectivity index (χ0) is 11.7. The van der Waals surface area contributed by atoms with E-state index in [-0.39, 0.29) is 16.6 Å². The average Bonchev–Trinajstić information content (AvgIpc) is 2.26. The minimum atomic E-state index is -0.333. The van der Waals surface area contributed by atoms with E-state index in [1.54, 1.807) is 12.1 Å². The van der Waals surface area contributed by atoms with Gasteiger partial charge in [-0.2, -0.15) is 0 Å². The van der Waals surface area contributed by atoms with Gasteiger partial charge in [-0.1, -0.05) is 22.0 Å². The number of benzene rings is 1. The van der Waals surface area contributed by atoms with Gasteiger partial charge in [-0.15, -0.1) is 0 Å². The first-order valence-electron chi connectivity index (χ1n) is 5.31. The molecule has 86 valence electrons. The van der Waals surface area contributed by atoms with Crippen LogP contribution in [0, 0.1) is 12.7 Å². The average molecular weight is 286 g/mol. The summed E-state index contributed by atoms with van der Waals surface area (Å²) < 4.78 is 13.6. The van der Waals surface area contributed by atoms with E-state index in [4.69, 9.17) is 0 Å². The Kier molecular flexibility index (Phi) is 3.28. The summed E-state index contributed by atoms with van der Waals surface area (Å²) in [4.78, 5) is 13.3. The molecule has 0 saturated carbocycles. The number of aryl methyl sites for hydroxylation is 1. The summed E-state index contributed by atoms with van der Waals surface area (Å²) >= 11 is 3.32. The van der Waals surface area contributed by atoms with Crippen molar-refractivity contribution in [3.63, 3.8) is 0 Å². The third-order valence-electron chi connectivity index (χ3n) is 2.77. The molecule has 0 aromatic heterocycles. The molecule has 2 nitrogen and oxygen atoms in total. The first-order chi connectivity index (χ1) is 7.59. The predicted octanol–water partition coefficient (Wildman–Crippen LogP) is 3.02. The summed E-state index contributed by atoms with van der Waals surface area (Å²) in [6.07, 6.45) is 1.72. The summed E-state index contributed by atoms with van der Waals surface area (Å²) in [5.74, 6) is -0.378. The van der Waals surface area contributed by atoms with Crippen LogP contribution >= 0.6 is 15.9 Å². The van der Waals surface area contributed by atoms with Crippen molar-refractivity contribution < 1.29 is 9.18 Å². The molecule has 4 heteroatoms. The monoisotopic (exact) mass is 285 g/mol. The highest BCUT2D eigenvalue weighted by atomic mass is 79.9.